The van der Waals surface area contributed by atoms with Crippen molar-refractivity contribution in [3.8, 4) is 0 Å². The van der Waals surface area contributed by atoms with Crippen molar-refractivity contribution < 1.29 is 4.79 Å². The Kier molecular flexibility index (Phi) is 4.37. The van der Waals surface area contributed by atoms with Gasteiger partial charge in [-0.25, -0.2) is 0 Å². The number of hydrogen-bond donors (Lipinski definition) is 1. The van der Waals surface area contributed by atoms with Crippen LogP contribution in [0.4, 0.5) is 0 Å². The van der Waals surface area contributed by atoms with Gasteiger partial charge < -0.3 is 5.32 Å². The number of aryl methyl sites for hydroxylation is 2. The first kappa shape index (κ1) is 15.2. The number of benzene rings is 1. The molecule has 3 rings (SSSR count). The van der Waals surface area contributed by atoms with Crippen LogP contribution >= 0.6 is 0 Å². The highest BCUT2D eigenvalue weighted by atomic mass is 16.1. The van der Waals surface area contributed by atoms with Gasteiger partial charge in [-0.1, -0.05) is 24.3 Å². The van der Waals surface area contributed by atoms with E-state index in [0.29, 0.717) is 19.4 Å². The van der Waals surface area contributed by atoms with Crippen molar-refractivity contribution in [2.24, 2.45) is 0 Å². The molecule has 5 nitrogen and oxygen atoms in total. The lowest BCUT2D eigenvalue weighted by molar-refractivity contribution is -0.120. The van der Waals surface area contributed by atoms with Crippen LogP contribution in [0.15, 0.2) is 42.6 Å². The van der Waals surface area contributed by atoms with Gasteiger partial charge in [0.2, 0.25) is 5.91 Å². The highest BCUT2D eigenvalue weighted by Gasteiger charge is 2.07. The van der Waals surface area contributed by atoms with E-state index in [4.69, 9.17) is 0 Å². The molecule has 0 bridgehead atoms. The second kappa shape index (κ2) is 6.60. The van der Waals surface area contributed by atoms with Crippen molar-refractivity contribution in [2.45, 2.75) is 26.7 Å². The summed E-state index contributed by atoms with van der Waals surface area (Å²) in [7, 11) is 0. The third-order valence-electron chi connectivity index (χ3n) is 3.99. The molecule has 118 valence electrons. The number of hydrogen-bond acceptors (Lipinski definition) is 3. The molecule has 0 fully saturated rings. The van der Waals surface area contributed by atoms with Crippen molar-refractivity contribution in [3.63, 3.8) is 0 Å². The quantitative estimate of drug-likeness (QED) is 0.786. The third kappa shape index (κ3) is 3.56. The Morgan fingerprint density at radius 3 is 2.83 bits per heavy atom. The van der Waals surface area contributed by atoms with Gasteiger partial charge >= 0.3 is 0 Å². The fraction of sp³-hybridized carbons (Fsp3) is 0.278. The molecule has 0 saturated carbocycles. The summed E-state index contributed by atoms with van der Waals surface area (Å²) in [4.78, 5) is 12.0. The fourth-order valence-electron chi connectivity index (χ4n) is 2.54. The molecule has 5 heteroatoms. The van der Waals surface area contributed by atoms with Gasteiger partial charge in [-0.05, 0) is 42.7 Å². The zero-order chi connectivity index (χ0) is 16.2. The van der Waals surface area contributed by atoms with Crippen LogP contribution in [0.2, 0.25) is 0 Å². The van der Waals surface area contributed by atoms with Crippen LogP contribution in [0, 0.1) is 13.8 Å². The average molecular weight is 308 g/mol. The van der Waals surface area contributed by atoms with Crippen molar-refractivity contribution in [3.05, 3.63) is 65.1 Å². The number of fused-ring (bicyclic) bond motifs is 1. The Morgan fingerprint density at radius 1 is 1.13 bits per heavy atom. The zero-order valence-corrected chi connectivity index (χ0v) is 13.4. The lowest BCUT2D eigenvalue weighted by Crippen LogP contribution is -2.27. The molecule has 0 saturated heterocycles. The number of carbonyl (C=O) groups is 1. The molecule has 0 aliphatic heterocycles. The maximum Gasteiger partial charge on any atom is 0.224 e. The Bertz CT molecular complexity index is 838. The predicted octanol–water partition coefficient (Wildman–Crippen LogP) is 2.25. The van der Waals surface area contributed by atoms with E-state index in [-0.39, 0.29) is 5.91 Å². The third-order valence-corrected chi connectivity index (χ3v) is 3.99. The Labute approximate surface area is 135 Å². The summed E-state index contributed by atoms with van der Waals surface area (Å²) < 4.78 is 1.94. The number of nitrogens with one attached hydrogen (secondary N) is 1. The van der Waals surface area contributed by atoms with Crippen LogP contribution in [-0.4, -0.2) is 27.0 Å². The zero-order valence-electron chi connectivity index (χ0n) is 13.4. The number of aromatic nitrogens is 3. The van der Waals surface area contributed by atoms with Crippen molar-refractivity contribution in [2.75, 3.05) is 6.54 Å². The van der Waals surface area contributed by atoms with Crippen LogP contribution < -0.4 is 5.32 Å². The molecule has 0 aliphatic rings. The molecule has 0 spiro atoms. The molecule has 2 heterocycles. The van der Waals surface area contributed by atoms with E-state index in [9.17, 15) is 4.79 Å². The molecular formula is C18H20N4O. The minimum absolute atomic E-state index is 0.0297. The highest BCUT2D eigenvalue weighted by Crippen LogP contribution is 2.10. The summed E-state index contributed by atoms with van der Waals surface area (Å²) in [6.45, 7) is 4.69. The number of nitrogens with zero attached hydrogens (tertiary/aromatic N) is 3. The molecule has 1 N–H and O–H groups in total. The normalized spacial score (nSPS) is 10.9. The fourth-order valence-corrected chi connectivity index (χ4v) is 2.54. The maximum absolute atomic E-state index is 12.0. The smallest absolute Gasteiger partial charge is 0.224 e. The molecule has 0 aliphatic carbocycles. The number of pyridine rings is 1. The molecule has 2 aromatic heterocycles. The Balaban J connectivity index is 1.54. The van der Waals surface area contributed by atoms with E-state index in [1.807, 2.05) is 34.9 Å². The summed E-state index contributed by atoms with van der Waals surface area (Å²) in [6.07, 6.45) is 2.99. The molecule has 1 amide bonds. The molecule has 3 aromatic rings. The van der Waals surface area contributed by atoms with Gasteiger partial charge in [0, 0.05) is 19.2 Å². The predicted molar refractivity (Wildman–Crippen MR) is 89.3 cm³/mol. The van der Waals surface area contributed by atoms with Crippen molar-refractivity contribution in [1.82, 2.24) is 19.9 Å². The van der Waals surface area contributed by atoms with Gasteiger partial charge in [0.25, 0.3) is 0 Å². The molecule has 0 radical (unpaired) electrons. The van der Waals surface area contributed by atoms with Gasteiger partial charge in [0.1, 0.15) is 5.82 Å². The van der Waals surface area contributed by atoms with Crippen LogP contribution in [0.25, 0.3) is 5.65 Å². The van der Waals surface area contributed by atoms with Crippen LogP contribution in [-0.2, 0) is 17.6 Å². The molecule has 1 aromatic carbocycles. The summed E-state index contributed by atoms with van der Waals surface area (Å²) >= 11 is 0. The first-order valence-corrected chi connectivity index (χ1v) is 7.75. The summed E-state index contributed by atoms with van der Waals surface area (Å²) in [5.74, 6) is 0.883. The van der Waals surface area contributed by atoms with Crippen LogP contribution in [0.5, 0.6) is 0 Å². The van der Waals surface area contributed by atoms with Gasteiger partial charge in [-0.15, -0.1) is 10.2 Å². The van der Waals surface area contributed by atoms with E-state index < -0.39 is 0 Å². The molecular weight excluding hydrogens is 288 g/mol. The summed E-state index contributed by atoms with van der Waals surface area (Å²) in [5, 5.41) is 11.2. The van der Waals surface area contributed by atoms with Gasteiger partial charge in [0.15, 0.2) is 5.65 Å². The van der Waals surface area contributed by atoms with E-state index in [1.165, 1.54) is 11.1 Å². The topological polar surface area (TPSA) is 59.3 Å². The van der Waals surface area contributed by atoms with E-state index in [1.54, 1.807) is 0 Å². The van der Waals surface area contributed by atoms with Gasteiger partial charge in [-0.2, -0.15) is 0 Å². The van der Waals surface area contributed by atoms with E-state index >= 15 is 0 Å². The van der Waals surface area contributed by atoms with E-state index in [2.05, 4.69) is 41.5 Å². The van der Waals surface area contributed by atoms with Crippen molar-refractivity contribution in [1.29, 1.82) is 0 Å². The lowest BCUT2D eigenvalue weighted by atomic mass is 10.0. The van der Waals surface area contributed by atoms with E-state index in [0.717, 1.165) is 17.0 Å². The maximum atomic E-state index is 12.0. The Morgan fingerprint density at radius 2 is 2.00 bits per heavy atom. The first-order chi connectivity index (χ1) is 11.1. The minimum atomic E-state index is 0.0297. The van der Waals surface area contributed by atoms with Crippen LogP contribution in [0.1, 0.15) is 22.5 Å². The number of rotatable bonds is 5. The second-order valence-corrected chi connectivity index (χ2v) is 5.74. The molecule has 23 heavy (non-hydrogen) atoms. The standard InChI is InChI=1S/C18H20N4O/c1-13-6-7-15(11-14(13)2)12-18(23)19-9-8-17-21-20-16-5-3-4-10-22(16)17/h3-7,10-11H,8-9,12H2,1-2H3,(H,19,23). The minimum Gasteiger partial charge on any atom is -0.355 e. The summed E-state index contributed by atoms with van der Waals surface area (Å²) in [5.41, 5.74) is 4.32. The largest absolute Gasteiger partial charge is 0.355 e. The van der Waals surface area contributed by atoms with Gasteiger partial charge in [-0.3, -0.25) is 9.20 Å². The molecule has 0 atom stereocenters. The SMILES string of the molecule is Cc1ccc(CC(=O)NCCc2nnc3ccccn23)cc1C. The first-order valence-electron chi connectivity index (χ1n) is 7.75. The second-order valence-electron chi connectivity index (χ2n) is 5.74. The van der Waals surface area contributed by atoms with Crippen molar-refractivity contribution >= 4 is 11.6 Å². The number of amides is 1. The average Bonchev–Trinajstić information content (AvgIpc) is 2.94. The Hall–Kier alpha value is -2.69. The highest BCUT2D eigenvalue weighted by molar-refractivity contribution is 5.78. The monoisotopic (exact) mass is 308 g/mol. The lowest BCUT2D eigenvalue weighted by Gasteiger charge is -2.07. The van der Waals surface area contributed by atoms with Crippen LogP contribution in [0.3, 0.4) is 0 Å². The summed E-state index contributed by atoms with van der Waals surface area (Å²) in [6, 6.07) is 11.9. The number of carbonyl (C=O) groups excluding carboxylic acids is 1. The van der Waals surface area contributed by atoms with Gasteiger partial charge in [0.05, 0.1) is 6.42 Å². The molecule has 0 unspecified atom stereocenters.